The number of unbranched alkanes of at least 4 members (excludes halogenated alkanes) is 40. The Morgan fingerprint density at radius 1 is 0.270 bits per heavy atom. The molecule has 0 aliphatic rings. The van der Waals surface area contributed by atoms with Crippen LogP contribution in [0.1, 0.15) is 347 Å². The summed E-state index contributed by atoms with van der Waals surface area (Å²) in [5, 5.41) is 0. The van der Waals surface area contributed by atoms with Gasteiger partial charge in [0.1, 0.15) is 0 Å². The minimum atomic E-state index is 0.983. The van der Waals surface area contributed by atoms with Crippen LogP contribution in [0, 0.1) is 0 Å². The van der Waals surface area contributed by atoms with Gasteiger partial charge in [0, 0.05) is 0 Å². The molecule has 2 nitrogen and oxygen atoms in total. The number of para-hydroxylation sites is 2. The van der Waals surface area contributed by atoms with Crippen LogP contribution in [0.5, 0.6) is 0 Å². The van der Waals surface area contributed by atoms with Crippen molar-refractivity contribution in [2.24, 2.45) is 9.98 Å². The van der Waals surface area contributed by atoms with E-state index in [0.717, 1.165) is 75.6 Å². The second-order valence-electron chi connectivity index (χ2n) is 22.9. The number of benzene rings is 2. The Kier molecular flexibility index (Phi) is 48.8. The first-order valence-electron chi connectivity index (χ1n) is 33.3. The smallest absolute Gasteiger partial charge is 0.0665 e. The van der Waals surface area contributed by atoms with Crippen molar-refractivity contribution in [1.82, 2.24) is 0 Å². The number of allylic oxidation sites excluding steroid dienone is 4. The van der Waals surface area contributed by atoms with E-state index in [-0.39, 0.29) is 0 Å². The van der Waals surface area contributed by atoms with Gasteiger partial charge in [-0.25, -0.2) is 0 Å². The molecule has 2 rings (SSSR count). The number of hydrogen-bond donors (Lipinski definition) is 0. The van der Waals surface area contributed by atoms with Crippen LogP contribution in [-0.4, -0.2) is 11.4 Å². The van der Waals surface area contributed by atoms with Gasteiger partial charge in [-0.15, -0.1) is 0 Å². The molecule has 0 heterocycles. The molecule has 0 fully saturated rings. The maximum atomic E-state index is 5.50. The summed E-state index contributed by atoms with van der Waals surface area (Å²) < 4.78 is 0. The van der Waals surface area contributed by atoms with Crippen LogP contribution < -0.4 is 0 Å². The summed E-state index contributed by atoms with van der Waals surface area (Å²) in [5.74, 6) is 0. The SMILES string of the molecule is CCCCCCCCCCCCCCCCCCCCCC=CCCc1ccccc1N=C(CCCC)C(CCCC)=Nc1ccccc1CCC=CCCCCCCCCCCCCCCCCCCCCC. The van der Waals surface area contributed by atoms with Crippen LogP contribution in [0.3, 0.4) is 0 Å². The summed E-state index contributed by atoms with van der Waals surface area (Å²) in [6.07, 6.45) is 77.6. The molecular weight excluding hydrogens is 893 g/mol. The molecule has 422 valence electrons. The summed E-state index contributed by atoms with van der Waals surface area (Å²) in [6, 6.07) is 17.8. The number of nitrogens with zero attached hydrogens (tertiary/aromatic N) is 2. The first-order chi connectivity index (χ1) is 36.7. The third-order valence-corrected chi connectivity index (χ3v) is 15.8. The summed E-state index contributed by atoms with van der Waals surface area (Å²) in [5.41, 5.74) is 7.38. The Hall–Kier alpha value is -2.74. The van der Waals surface area contributed by atoms with Crippen molar-refractivity contribution in [3.05, 3.63) is 84.0 Å². The normalized spacial score (nSPS) is 12.4. The highest BCUT2D eigenvalue weighted by Gasteiger charge is 2.13. The Balaban J connectivity index is 1.70. The van der Waals surface area contributed by atoms with E-state index in [9.17, 15) is 0 Å². The van der Waals surface area contributed by atoms with Crippen molar-refractivity contribution in [1.29, 1.82) is 0 Å². The Labute approximate surface area is 463 Å². The van der Waals surface area contributed by atoms with Crippen molar-refractivity contribution in [3.63, 3.8) is 0 Å². The van der Waals surface area contributed by atoms with Crippen LogP contribution in [0.2, 0.25) is 0 Å². The topological polar surface area (TPSA) is 24.7 Å². The van der Waals surface area contributed by atoms with E-state index in [1.807, 2.05) is 0 Å². The molecule has 0 saturated carbocycles. The lowest BCUT2D eigenvalue weighted by atomic mass is 10.0. The number of aliphatic imine (C=N–C) groups is 2. The average molecular weight is 1020 g/mol. The zero-order valence-electron chi connectivity index (χ0n) is 50.2. The summed E-state index contributed by atoms with van der Waals surface area (Å²) in [6.45, 7) is 9.22. The third-order valence-electron chi connectivity index (χ3n) is 15.8. The van der Waals surface area contributed by atoms with Crippen LogP contribution in [0.4, 0.5) is 11.4 Å². The molecule has 0 atom stereocenters. The lowest BCUT2D eigenvalue weighted by Crippen LogP contribution is -2.14. The summed E-state index contributed by atoms with van der Waals surface area (Å²) >= 11 is 0. The predicted molar refractivity (Wildman–Crippen MR) is 337 cm³/mol. The van der Waals surface area contributed by atoms with E-state index in [0.29, 0.717) is 0 Å². The second-order valence-corrected chi connectivity index (χ2v) is 22.9. The number of hydrogen-bond acceptors (Lipinski definition) is 2. The van der Waals surface area contributed by atoms with Gasteiger partial charge >= 0.3 is 0 Å². The second kappa shape index (κ2) is 53.6. The van der Waals surface area contributed by atoms with Crippen molar-refractivity contribution in [2.45, 2.75) is 349 Å². The molecule has 0 radical (unpaired) electrons. The first-order valence-corrected chi connectivity index (χ1v) is 33.3. The standard InChI is InChI=1S/C72H124N2/c1-5-9-13-15-17-19-21-23-25-27-29-31-33-35-37-39-41-43-45-47-49-51-53-59-67-61-55-57-65-69(67)73-71(63-11-7-3)72(64-12-8-4)74-70-66-58-56-62-68(70)60-54-52-50-48-46-44-42-40-38-36-34-32-30-28-26-24-22-20-18-16-14-10-6-2/h49-52,55-58,61-62,65-66H,5-48,53-54,59-60,63-64H2,1-4H3. The van der Waals surface area contributed by atoms with Crippen molar-refractivity contribution < 1.29 is 0 Å². The van der Waals surface area contributed by atoms with E-state index >= 15 is 0 Å². The Bertz CT molecular complexity index is 1490. The molecule has 2 heteroatoms. The van der Waals surface area contributed by atoms with E-state index in [4.69, 9.17) is 9.98 Å². The minimum absolute atomic E-state index is 0.983. The molecular formula is C72H124N2. The van der Waals surface area contributed by atoms with Crippen LogP contribution in [-0.2, 0) is 12.8 Å². The van der Waals surface area contributed by atoms with Crippen molar-refractivity contribution in [2.75, 3.05) is 0 Å². The Morgan fingerprint density at radius 3 is 0.770 bits per heavy atom. The predicted octanol–water partition coefficient (Wildman–Crippen LogP) is 25.5. The minimum Gasteiger partial charge on any atom is -0.251 e. The van der Waals surface area contributed by atoms with E-state index in [1.165, 1.54) is 279 Å². The Morgan fingerprint density at radius 2 is 0.500 bits per heavy atom. The van der Waals surface area contributed by atoms with Crippen LogP contribution in [0.25, 0.3) is 0 Å². The molecule has 2 aromatic rings. The molecule has 0 bridgehead atoms. The van der Waals surface area contributed by atoms with Crippen LogP contribution >= 0.6 is 0 Å². The molecule has 0 spiro atoms. The van der Waals surface area contributed by atoms with Gasteiger partial charge < -0.3 is 0 Å². The van der Waals surface area contributed by atoms with Crippen molar-refractivity contribution in [3.8, 4) is 0 Å². The van der Waals surface area contributed by atoms with Gasteiger partial charge in [-0.2, -0.15) is 0 Å². The largest absolute Gasteiger partial charge is 0.251 e. The zero-order valence-corrected chi connectivity index (χ0v) is 50.2. The zero-order chi connectivity index (χ0) is 52.7. The van der Waals surface area contributed by atoms with Gasteiger partial charge in [0.05, 0.1) is 22.8 Å². The van der Waals surface area contributed by atoms with Gasteiger partial charge in [-0.3, -0.25) is 9.98 Å². The first kappa shape index (κ1) is 67.4. The van der Waals surface area contributed by atoms with E-state index in [1.54, 1.807) is 0 Å². The van der Waals surface area contributed by atoms with Gasteiger partial charge in [-0.1, -0.05) is 332 Å². The number of rotatable bonds is 55. The monoisotopic (exact) mass is 1020 g/mol. The highest BCUT2D eigenvalue weighted by Crippen LogP contribution is 2.26. The van der Waals surface area contributed by atoms with Gasteiger partial charge in [0.2, 0.25) is 0 Å². The molecule has 2 aromatic carbocycles. The van der Waals surface area contributed by atoms with Gasteiger partial charge in [0.15, 0.2) is 0 Å². The fourth-order valence-corrected chi connectivity index (χ4v) is 10.8. The summed E-state index contributed by atoms with van der Waals surface area (Å²) in [7, 11) is 0. The average Bonchev–Trinajstić information content (AvgIpc) is 3.42. The molecule has 0 aliphatic heterocycles. The molecule has 0 aliphatic carbocycles. The maximum absolute atomic E-state index is 5.50. The fourth-order valence-electron chi connectivity index (χ4n) is 10.8. The number of aryl methyl sites for hydroxylation is 2. The highest BCUT2D eigenvalue weighted by molar-refractivity contribution is 6.43. The summed E-state index contributed by atoms with van der Waals surface area (Å²) in [4.78, 5) is 11.0. The lowest BCUT2D eigenvalue weighted by molar-refractivity contribution is 0.523. The molecule has 0 N–H and O–H groups in total. The fraction of sp³-hybridized carbons (Fsp3) is 0.750. The van der Waals surface area contributed by atoms with Gasteiger partial charge in [-0.05, 0) is 100 Å². The van der Waals surface area contributed by atoms with Crippen molar-refractivity contribution >= 4 is 22.8 Å². The molecule has 74 heavy (non-hydrogen) atoms. The quantitative estimate of drug-likeness (QED) is 0.0358. The lowest BCUT2D eigenvalue weighted by Gasteiger charge is -2.14. The van der Waals surface area contributed by atoms with Crippen LogP contribution in [0.15, 0.2) is 82.8 Å². The van der Waals surface area contributed by atoms with E-state index < -0.39 is 0 Å². The third kappa shape index (κ3) is 40.5. The maximum Gasteiger partial charge on any atom is 0.0665 e. The molecule has 0 unspecified atom stereocenters. The van der Waals surface area contributed by atoms with Gasteiger partial charge in [0.25, 0.3) is 0 Å². The van der Waals surface area contributed by atoms with E-state index in [2.05, 4.69) is 101 Å². The molecule has 0 aromatic heterocycles. The molecule has 0 saturated heterocycles. The molecule has 0 amide bonds. The highest BCUT2D eigenvalue weighted by atomic mass is 14.8.